The van der Waals surface area contributed by atoms with Crippen molar-refractivity contribution >= 4 is 22.9 Å². The van der Waals surface area contributed by atoms with Crippen molar-refractivity contribution in [2.45, 2.75) is 12.6 Å². The lowest BCUT2D eigenvalue weighted by atomic mass is 9.73. The highest BCUT2D eigenvalue weighted by atomic mass is 32.1. The number of methoxy groups -OCH3 is 1. The van der Waals surface area contributed by atoms with Gasteiger partial charge in [0, 0.05) is 50.3 Å². The Kier molecular flexibility index (Phi) is 5.71. The largest absolute Gasteiger partial charge is 0.417 e. The van der Waals surface area contributed by atoms with E-state index in [1.807, 2.05) is 21.2 Å². The van der Waals surface area contributed by atoms with Crippen LogP contribution >= 0.6 is 11.3 Å². The molecule has 1 aromatic carbocycles. The molecule has 4 rings (SSSR count). The molecule has 2 aliphatic rings. The smallest absolute Gasteiger partial charge is 0.384 e. The fourth-order valence-corrected chi connectivity index (χ4v) is 5.50. The Hall–Kier alpha value is -2.57. The maximum Gasteiger partial charge on any atom is 0.417 e. The number of carbonyl (C=O) groups excluding carboxylic acids is 1. The van der Waals surface area contributed by atoms with E-state index in [4.69, 9.17) is 10.00 Å². The van der Waals surface area contributed by atoms with Gasteiger partial charge in [-0.3, -0.25) is 4.79 Å². The number of nitriles is 1. The fraction of sp³-hybridized carbons (Fsp3) is 0.455. The zero-order chi connectivity index (χ0) is 22.2. The Bertz CT molecular complexity index is 1000. The third-order valence-electron chi connectivity index (χ3n) is 6.38. The van der Waals surface area contributed by atoms with Gasteiger partial charge in [-0.2, -0.15) is 18.4 Å². The quantitative estimate of drug-likeness (QED) is 0.700. The van der Waals surface area contributed by atoms with Gasteiger partial charge in [-0.25, -0.2) is 0 Å². The number of nitrogens with zero attached hydrogens (tertiary/aromatic N) is 3. The van der Waals surface area contributed by atoms with E-state index in [-0.39, 0.29) is 22.8 Å². The molecule has 2 aromatic rings. The van der Waals surface area contributed by atoms with Crippen LogP contribution in [0.2, 0.25) is 0 Å². The average molecular weight is 449 g/mol. The van der Waals surface area contributed by atoms with Crippen molar-refractivity contribution in [3.8, 4) is 6.07 Å². The number of thiophene rings is 1. The standard InChI is InChI=1S/C22H22F3N3O2S/c1-30-14-21-6-7-27(17-5-4-15(10-26)18(9-17)22(23,24)25)11-16(21)12-28(13-21)20(29)19-3-2-8-31-19/h2-5,8-9,16H,6-7,11-14H2,1H3/t16-,21+/m1/s1. The Balaban J connectivity index is 1.58. The molecule has 0 bridgehead atoms. The number of halogens is 3. The fourth-order valence-electron chi connectivity index (χ4n) is 4.81. The second kappa shape index (κ2) is 8.17. The number of carbonyl (C=O) groups is 1. The van der Waals surface area contributed by atoms with E-state index in [1.54, 1.807) is 25.3 Å². The van der Waals surface area contributed by atoms with Crippen molar-refractivity contribution in [2.75, 3.05) is 44.8 Å². The number of ether oxygens (including phenoxy) is 1. The molecule has 0 saturated carbocycles. The summed E-state index contributed by atoms with van der Waals surface area (Å²) >= 11 is 1.40. The van der Waals surface area contributed by atoms with Crippen molar-refractivity contribution in [3.63, 3.8) is 0 Å². The molecule has 2 atom stereocenters. The van der Waals surface area contributed by atoms with E-state index in [9.17, 15) is 18.0 Å². The van der Waals surface area contributed by atoms with Crippen LogP contribution in [0.3, 0.4) is 0 Å². The first-order valence-corrected chi connectivity index (χ1v) is 10.8. The summed E-state index contributed by atoms with van der Waals surface area (Å²) in [6.07, 6.45) is -3.88. The second-order valence-corrected chi connectivity index (χ2v) is 9.14. The molecule has 9 heteroatoms. The van der Waals surface area contributed by atoms with Gasteiger partial charge in [0.2, 0.25) is 0 Å². The van der Waals surface area contributed by atoms with Crippen LogP contribution in [0.4, 0.5) is 18.9 Å². The van der Waals surface area contributed by atoms with Crippen LogP contribution in [-0.2, 0) is 10.9 Å². The van der Waals surface area contributed by atoms with Crippen LogP contribution in [0.5, 0.6) is 0 Å². The van der Waals surface area contributed by atoms with E-state index in [1.165, 1.54) is 17.4 Å². The van der Waals surface area contributed by atoms with Crippen molar-refractivity contribution in [3.05, 3.63) is 51.7 Å². The predicted octanol–water partition coefficient (Wildman–Crippen LogP) is 4.25. The minimum absolute atomic E-state index is 0.0100. The van der Waals surface area contributed by atoms with Gasteiger partial charge in [0.1, 0.15) is 0 Å². The van der Waals surface area contributed by atoms with Gasteiger partial charge in [0.15, 0.2) is 0 Å². The number of piperidine rings is 1. The van der Waals surface area contributed by atoms with Crippen LogP contribution in [-0.4, -0.2) is 50.7 Å². The van der Waals surface area contributed by atoms with Crippen molar-refractivity contribution in [1.29, 1.82) is 5.26 Å². The highest BCUT2D eigenvalue weighted by Gasteiger charge is 2.51. The number of hydrogen-bond donors (Lipinski definition) is 0. The average Bonchev–Trinajstić information content (AvgIpc) is 3.40. The van der Waals surface area contributed by atoms with E-state index < -0.39 is 11.7 Å². The van der Waals surface area contributed by atoms with Crippen LogP contribution in [0.15, 0.2) is 35.7 Å². The Morgan fingerprint density at radius 2 is 2.16 bits per heavy atom. The Morgan fingerprint density at radius 1 is 1.35 bits per heavy atom. The molecular formula is C22H22F3N3O2S. The maximum atomic E-state index is 13.4. The molecule has 0 spiro atoms. The summed E-state index contributed by atoms with van der Waals surface area (Å²) < 4.78 is 45.7. The molecule has 164 valence electrons. The molecule has 0 radical (unpaired) electrons. The molecule has 1 amide bonds. The predicted molar refractivity (Wildman–Crippen MR) is 111 cm³/mol. The number of benzene rings is 1. The zero-order valence-corrected chi connectivity index (χ0v) is 17.8. The minimum atomic E-state index is -4.59. The number of likely N-dealkylation sites (tertiary alicyclic amines) is 1. The molecule has 0 aliphatic carbocycles. The molecule has 3 heterocycles. The normalized spacial score (nSPS) is 23.5. The molecule has 5 nitrogen and oxygen atoms in total. The highest BCUT2D eigenvalue weighted by molar-refractivity contribution is 7.12. The van der Waals surface area contributed by atoms with E-state index in [0.717, 1.165) is 6.07 Å². The first-order valence-electron chi connectivity index (χ1n) is 9.95. The molecule has 2 saturated heterocycles. The van der Waals surface area contributed by atoms with E-state index in [0.29, 0.717) is 49.8 Å². The van der Waals surface area contributed by atoms with Crippen molar-refractivity contribution in [1.82, 2.24) is 4.90 Å². The Labute approximate surface area is 182 Å². The topological polar surface area (TPSA) is 56.6 Å². The Morgan fingerprint density at radius 3 is 2.81 bits per heavy atom. The lowest BCUT2D eigenvalue weighted by Crippen LogP contribution is -2.49. The summed E-state index contributed by atoms with van der Waals surface area (Å²) in [5.74, 6) is 0.0688. The molecule has 2 aliphatic heterocycles. The lowest BCUT2D eigenvalue weighted by molar-refractivity contribution is -0.137. The summed E-state index contributed by atoms with van der Waals surface area (Å²) in [5, 5.41) is 10.9. The number of alkyl halides is 3. The van der Waals surface area contributed by atoms with Gasteiger partial charge in [0.05, 0.1) is 28.7 Å². The maximum absolute atomic E-state index is 13.4. The van der Waals surface area contributed by atoms with Gasteiger partial charge in [-0.15, -0.1) is 11.3 Å². The van der Waals surface area contributed by atoms with E-state index >= 15 is 0 Å². The monoisotopic (exact) mass is 449 g/mol. The number of fused-ring (bicyclic) bond motifs is 1. The lowest BCUT2D eigenvalue weighted by Gasteiger charge is -2.44. The summed E-state index contributed by atoms with van der Waals surface area (Å²) in [7, 11) is 1.64. The van der Waals surface area contributed by atoms with Crippen LogP contribution < -0.4 is 4.90 Å². The summed E-state index contributed by atoms with van der Waals surface area (Å²) in [6.45, 7) is 2.71. The van der Waals surface area contributed by atoms with Gasteiger partial charge in [-0.05, 0) is 36.1 Å². The van der Waals surface area contributed by atoms with Gasteiger partial charge >= 0.3 is 6.18 Å². The number of amides is 1. The first-order chi connectivity index (χ1) is 14.8. The van der Waals surface area contributed by atoms with Crippen molar-refractivity contribution < 1.29 is 22.7 Å². The van der Waals surface area contributed by atoms with Crippen LogP contribution in [0.1, 0.15) is 27.2 Å². The van der Waals surface area contributed by atoms with Gasteiger partial charge in [-0.1, -0.05) is 6.07 Å². The molecular weight excluding hydrogens is 427 g/mol. The van der Waals surface area contributed by atoms with Crippen LogP contribution in [0.25, 0.3) is 0 Å². The molecule has 0 unspecified atom stereocenters. The first kappa shape index (κ1) is 21.7. The second-order valence-electron chi connectivity index (χ2n) is 8.19. The number of anilines is 1. The SMILES string of the molecule is COC[C@@]12CCN(c3ccc(C#N)c(C(F)(F)F)c3)C[C@@H]1CN(C(=O)c1cccs1)C2. The third kappa shape index (κ3) is 4.02. The highest BCUT2D eigenvalue weighted by Crippen LogP contribution is 2.45. The number of hydrogen-bond acceptors (Lipinski definition) is 5. The molecule has 1 aromatic heterocycles. The zero-order valence-electron chi connectivity index (χ0n) is 17.0. The van der Waals surface area contributed by atoms with Crippen LogP contribution in [0, 0.1) is 22.7 Å². The van der Waals surface area contributed by atoms with E-state index in [2.05, 4.69) is 0 Å². The summed E-state index contributed by atoms with van der Waals surface area (Å²) in [4.78, 5) is 17.4. The third-order valence-corrected chi connectivity index (χ3v) is 7.24. The minimum Gasteiger partial charge on any atom is -0.384 e. The molecule has 0 N–H and O–H groups in total. The molecule has 31 heavy (non-hydrogen) atoms. The summed E-state index contributed by atoms with van der Waals surface area (Å²) in [6, 6.07) is 9.14. The summed E-state index contributed by atoms with van der Waals surface area (Å²) in [5.41, 5.74) is -1.06. The van der Waals surface area contributed by atoms with Gasteiger partial charge in [0.25, 0.3) is 5.91 Å². The van der Waals surface area contributed by atoms with Gasteiger partial charge < -0.3 is 14.5 Å². The number of rotatable bonds is 4. The molecule has 2 fully saturated rings. The van der Waals surface area contributed by atoms with Crippen molar-refractivity contribution in [2.24, 2.45) is 11.3 Å².